The molecule has 1 fully saturated rings. The van der Waals surface area contributed by atoms with Crippen LogP contribution in [-0.4, -0.2) is 25.3 Å². The molecule has 0 saturated carbocycles. The van der Waals surface area contributed by atoms with Crippen molar-refractivity contribution in [2.45, 2.75) is 90.7 Å². The lowest BCUT2D eigenvalue weighted by Gasteiger charge is -2.28. The molecule has 0 aromatic carbocycles. The normalized spacial score (nSPS) is 22.6. The van der Waals surface area contributed by atoms with E-state index < -0.39 is 0 Å². The fraction of sp³-hybridized carbons (Fsp3) is 1.00. The van der Waals surface area contributed by atoms with E-state index in [1.165, 1.54) is 64.3 Å². The number of hydrogen-bond donors (Lipinski definition) is 1. The molecule has 0 spiro atoms. The van der Waals surface area contributed by atoms with Crippen LogP contribution in [0.3, 0.4) is 0 Å². The van der Waals surface area contributed by atoms with Crippen LogP contribution in [0.15, 0.2) is 0 Å². The molecule has 19 heavy (non-hydrogen) atoms. The van der Waals surface area contributed by atoms with Crippen molar-refractivity contribution in [1.29, 1.82) is 0 Å². The third kappa shape index (κ3) is 6.76. The summed E-state index contributed by atoms with van der Waals surface area (Å²) in [4.78, 5) is 0. The summed E-state index contributed by atoms with van der Waals surface area (Å²) in [6.45, 7) is 9.07. The highest BCUT2D eigenvalue weighted by molar-refractivity contribution is 4.78. The third-order valence-electron chi connectivity index (χ3n) is 4.50. The molecule has 2 heteroatoms. The van der Waals surface area contributed by atoms with Crippen molar-refractivity contribution in [3.05, 3.63) is 0 Å². The van der Waals surface area contributed by atoms with Gasteiger partial charge in [-0.2, -0.15) is 0 Å². The summed E-state index contributed by atoms with van der Waals surface area (Å²) in [6, 6.07) is 0.709. The molecule has 0 bridgehead atoms. The van der Waals surface area contributed by atoms with Gasteiger partial charge in [0.1, 0.15) is 0 Å². The number of nitrogens with one attached hydrogen (secondary N) is 1. The Morgan fingerprint density at radius 3 is 2.58 bits per heavy atom. The van der Waals surface area contributed by atoms with Gasteiger partial charge < -0.3 is 10.1 Å². The second kappa shape index (κ2) is 10.7. The van der Waals surface area contributed by atoms with Crippen LogP contribution in [-0.2, 0) is 4.74 Å². The standard InChI is InChI=1S/C17H35NO/c1-4-7-9-15(6-3)17(18-13-5-2)12-11-16-10-8-14-19-16/h15-18H,4-14H2,1-3H3. The van der Waals surface area contributed by atoms with Crippen LogP contribution in [0.4, 0.5) is 0 Å². The largest absolute Gasteiger partial charge is 0.378 e. The molecular weight excluding hydrogens is 234 g/mol. The van der Waals surface area contributed by atoms with Gasteiger partial charge >= 0.3 is 0 Å². The Hall–Kier alpha value is -0.0800. The first-order valence-electron chi connectivity index (χ1n) is 8.66. The maximum absolute atomic E-state index is 5.77. The molecule has 1 rings (SSSR count). The van der Waals surface area contributed by atoms with Crippen molar-refractivity contribution in [2.24, 2.45) is 5.92 Å². The molecular formula is C17H35NO. The number of rotatable bonds is 11. The maximum Gasteiger partial charge on any atom is 0.0576 e. The van der Waals surface area contributed by atoms with Crippen LogP contribution in [0.2, 0.25) is 0 Å². The summed E-state index contributed by atoms with van der Waals surface area (Å²) in [6.07, 6.45) is 12.3. The second-order valence-corrected chi connectivity index (χ2v) is 6.08. The predicted molar refractivity (Wildman–Crippen MR) is 83.6 cm³/mol. The molecule has 0 aliphatic carbocycles. The molecule has 114 valence electrons. The Labute approximate surface area is 120 Å². The van der Waals surface area contributed by atoms with Crippen molar-refractivity contribution >= 4 is 0 Å². The number of hydrogen-bond acceptors (Lipinski definition) is 2. The summed E-state index contributed by atoms with van der Waals surface area (Å²) in [7, 11) is 0. The number of unbranched alkanes of at least 4 members (excludes halogenated alkanes) is 1. The SMILES string of the molecule is CCCCC(CC)C(CCC1CCCO1)NCCC. The van der Waals surface area contributed by atoms with Crippen LogP contribution < -0.4 is 5.32 Å². The minimum Gasteiger partial charge on any atom is -0.378 e. The van der Waals surface area contributed by atoms with E-state index in [-0.39, 0.29) is 0 Å². The van der Waals surface area contributed by atoms with Crippen molar-refractivity contribution in [1.82, 2.24) is 5.32 Å². The molecule has 1 N–H and O–H groups in total. The number of ether oxygens (including phenoxy) is 1. The summed E-state index contributed by atoms with van der Waals surface area (Å²) in [5.74, 6) is 0.855. The Morgan fingerprint density at radius 2 is 2.00 bits per heavy atom. The van der Waals surface area contributed by atoms with Crippen molar-refractivity contribution in [2.75, 3.05) is 13.2 Å². The highest BCUT2D eigenvalue weighted by Crippen LogP contribution is 2.24. The minimum atomic E-state index is 0.551. The molecule has 0 amide bonds. The quantitative estimate of drug-likeness (QED) is 0.595. The zero-order valence-corrected chi connectivity index (χ0v) is 13.4. The Balaban J connectivity index is 2.37. The average molecular weight is 269 g/mol. The monoisotopic (exact) mass is 269 g/mol. The first-order chi connectivity index (χ1) is 9.31. The highest BCUT2D eigenvalue weighted by Gasteiger charge is 2.22. The van der Waals surface area contributed by atoms with Gasteiger partial charge in [-0.05, 0) is 51.0 Å². The van der Waals surface area contributed by atoms with Crippen LogP contribution in [0, 0.1) is 5.92 Å². The van der Waals surface area contributed by atoms with Gasteiger partial charge in [0, 0.05) is 12.6 Å². The summed E-state index contributed by atoms with van der Waals surface area (Å²) in [5.41, 5.74) is 0. The van der Waals surface area contributed by atoms with Gasteiger partial charge in [0.25, 0.3) is 0 Å². The molecule has 1 aliphatic rings. The van der Waals surface area contributed by atoms with E-state index in [4.69, 9.17) is 4.74 Å². The van der Waals surface area contributed by atoms with Crippen LogP contribution >= 0.6 is 0 Å². The Bertz CT molecular complexity index is 201. The second-order valence-electron chi connectivity index (χ2n) is 6.08. The van der Waals surface area contributed by atoms with E-state index in [2.05, 4.69) is 26.1 Å². The molecule has 0 aromatic rings. The molecule has 0 aromatic heterocycles. The third-order valence-corrected chi connectivity index (χ3v) is 4.50. The van der Waals surface area contributed by atoms with Crippen molar-refractivity contribution in [3.8, 4) is 0 Å². The topological polar surface area (TPSA) is 21.3 Å². The van der Waals surface area contributed by atoms with E-state index in [0.717, 1.165) is 12.5 Å². The summed E-state index contributed by atoms with van der Waals surface area (Å²) >= 11 is 0. The smallest absolute Gasteiger partial charge is 0.0576 e. The van der Waals surface area contributed by atoms with Gasteiger partial charge in [0.05, 0.1) is 6.10 Å². The van der Waals surface area contributed by atoms with Gasteiger partial charge in [-0.3, -0.25) is 0 Å². The zero-order chi connectivity index (χ0) is 13.9. The lowest BCUT2D eigenvalue weighted by atomic mass is 9.87. The molecule has 1 heterocycles. The molecule has 1 saturated heterocycles. The molecule has 3 unspecified atom stereocenters. The fourth-order valence-electron chi connectivity index (χ4n) is 3.23. The van der Waals surface area contributed by atoms with Crippen LogP contribution in [0.1, 0.15) is 78.6 Å². The van der Waals surface area contributed by atoms with Gasteiger partial charge in [0.2, 0.25) is 0 Å². The summed E-state index contributed by atoms with van der Waals surface area (Å²) in [5, 5.41) is 3.80. The maximum atomic E-state index is 5.77. The predicted octanol–water partition coefficient (Wildman–Crippen LogP) is 4.53. The van der Waals surface area contributed by atoms with E-state index in [1.54, 1.807) is 0 Å². The van der Waals surface area contributed by atoms with Gasteiger partial charge in [-0.25, -0.2) is 0 Å². The first-order valence-corrected chi connectivity index (χ1v) is 8.66. The van der Waals surface area contributed by atoms with E-state index >= 15 is 0 Å². The van der Waals surface area contributed by atoms with Gasteiger partial charge in [0.15, 0.2) is 0 Å². The van der Waals surface area contributed by atoms with Crippen LogP contribution in [0.5, 0.6) is 0 Å². The zero-order valence-electron chi connectivity index (χ0n) is 13.4. The van der Waals surface area contributed by atoms with Crippen LogP contribution in [0.25, 0.3) is 0 Å². The Kier molecular flexibility index (Phi) is 9.54. The van der Waals surface area contributed by atoms with E-state index in [9.17, 15) is 0 Å². The highest BCUT2D eigenvalue weighted by atomic mass is 16.5. The molecule has 2 nitrogen and oxygen atoms in total. The first kappa shape index (κ1) is 17.0. The molecule has 0 radical (unpaired) electrons. The minimum absolute atomic E-state index is 0.551. The van der Waals surface area contributed by atoms with Gasteiger partial charge in [-0.15, -0.1) is 0 Å². The fourth-order valence-corrected chi connectivity index (χ4v) is 3.23. The Morgan fingerprint density at radius 1 is 1.16 bits per heavy atom. The lowest BCUT2D eigenvalue weighted by molar-refractivity contribution is 0.0965. The van der Waals surface area contributed by atoms with Gasteiger partial charge in [-0.1, -0.05) is 40.0 Å². The molecule has 1 aliphatic heterocycles. The van der Waals surface area contributed by atoms with Crippen molar-refractivity contribution in [3.63, 3.8) is 0 Å². The summed E-state index contributed by atoms with van der Waals surface area (Å²) < 4.78 is 5.77. The van der Waals surface area contributed by atoms with Crippen molar-refractivity contribution < 1.29 is 4.74 Å². The lowest BCUT2D eigenvalue weighted by Crippen LogP contribution is -2.37. The average Bonchev–Trinajstić information content (AvgIpc) is 2.94. The van der Waals surface area contributed by atoms with E-state index in [1.807, 2.05) is 0 Å². The molecule has 3 atom stereocenters. The van der Waals surface area contributed by atoms with E-state index in [0.29, 0.717) is 12.1 Å².